The molecule has 126 valence electrons. The summed E-state index contributed by atoms with van der Waals surface area (Å²) >= 11 is 0. The zero-order valence-corrected chi connectivity index (χ0v) is 13.6. The minimum atomic E-state index is 0.174. The zero-order chi connectivity index (χ0) is 16.4. The topological polar surface area (TPSA) is 70.5 Å². The maximum absolute atomic E-state index is 10.1. The molecule has 0 spiro atoms. The average Bonchev–Trinajstić information content (AvgIpc) is 2.64. The van der Waals surface area contributed by atoms with Crippen molar-refractivity contribution in [2.75, 3.05) is 36.5 Å². The third-order valence-corrected chi connectivity index (χ3v) is 4.79. The molecule has 1 atom stereocenters. The van der Waals surface area contributed by atoms with Crippen LogP contribution in [0.2, 0.25) is 0 Å². The predicted molar refractivity (Wildman–Crippen MR) is 92.5 cm³/mol. The number of aromatic nitrogens is 2. The summed E-state index contributed by atoms with van der Waals surface area (Å²) in [4.78, 5) is 11.0. The maximum atomic E-state index is 10.1. The Kier molecular flexibility index (Phi) is 4.21. The highest BCUT2D eigenvalue weighted by atomic mass is 16.5. The molecule has 1 aromatic heterocycles. The van der Waals surface area contributed by atoms with Crippen molar-refractivity contribution in [1.29, 1.82) is 0 Å². The molecule has 6 nitrogen and oxygen atoms in total. The summed E-state index contributed by atoms with van der Waals surface area (Å²) in [5.74, 6) is 2.16. The number of benzene rings is 1. The molecule has 2 aromatic rings. The number of ether oxygens (including phenoxy) is 1. The van der Waals surface area contributed by atoms with Crippen LogP contribution in [0.4, 0.5) is 11.6 Å². The molecule has 1 aromatic carbocycles. The van der Waals surface area contributed by atoms with Gasteiger partial charge in [0.1, 0.15) is 23.7 Å². The first-order chi connectivity index (χ1) is 11.8. The van der Waals surface area contributed by atoms with E-state index >= 15 is 0 Å². The first-order valence-electron chi connectivity index (χ1n) is 8.53. The lowest BCUT2D eigenvalue weighted by atomic mass is 9.87. The Bertz CT molecular complexity index is 716. The van der Waals surface area contributed by atoms with Crippen LogP contribution >= 0.6 is 0 Å². The number of nitrogens with one attached hydrogen (secondary N) is 1. The fourth-order valence-electron chi connectivity index (χ4n) is 3.55. The molecule has 6 heteroatoms. The van der Waals surface area contributed by atoms with Gasteiger partial charge in [0.15, 0.2) is 0 Å². The van der Waals surface area contributed by atoms with E-state index < -0.39 is 0 Å². The van der Waals surface area contributed by atoms with E-state index in [2.05, 4.69) is 26.3 Å². The number of aromatic hydroxyl groups is 1. The van der Waals surface area contributed by atoms with Crippen LogP contribution in [0.15, 0.2) is 30.6 Å². The third kappa shape index (κ3) is 3.01. The van der Waals surface area contributed by atoms with Gasteiger partial charge in [0.2, 0.25) is 0 Å². The molecule has 0 amide bonds. The normalized spacial score (nSPS) is 20.5. The minimum absolute atomic E-state index is 0.174. The summed E-state index contributed by atoms with van der Waals surface area (Å²) in [5, 5.41) is 13.6. The van der Waals surface area contributed by atoms with Crippen LogP contribution in [0.1, 0.15) is 30.0 Å². The van der Waals surface area contributed by atoms with Crippen LogP contribution < -0.4 is 10.2 Å². The molecule has 0 bridgehead atoms. The molecule has 1 unspecified atom stereocenters. The number of rotatable bonds is 3. The molecule has 0 radical (unpaired) electrons. The molecule has 24 heavy (non-hydrogen) atoms. The number of hydrogen-bond acceptors (Lipinski definition) is 6. The number of phenols is 1. The second-order valence-corrected chi connectivity index (χ2v) is 6.29. The predicted octanol–water partition coefficient (Wildman–Crippen LogP) is 2.51. The minimum Gasteiger partial charge on any atom is -0.508 e. The largest absolute Gasteiger partial charge is 0.508 e. The van der Waals surface area contributed by atoms with Crippen molar-refractivity contribution in [3.05, 3.63) is 41.7 Å². The Morgan fingerprint density at radius 1 is 1.21 bits per heavy atom. The van der Waals surface area contributed by atoms with Gasteiger partial charge in [0.05, 0.1) is 19.3 Å². The number of hydrogen-bond donors (Lipinski definition) is 2. The molecule has 2 aliphatic rings. The smallest absolute Gasteiger partial charge is 0.134 e. The molecule has 2 heterocycles. The fraction of sp³-hybridized carbons (Fsp3) is 0.444. The van der Waals surface area contributed by atoms with E-state index in [1.807, 2.05) is 12.1 Å². The second kappa shape index (κ2) is 6.65. The zero-order valence-electron chi connectivity index (χ0n) is 13.6. The maximum Gasteiger partial charge on any atom is 0.134 e. The van der Waals surface area contributed by atoms with E-state index in [9.17, 15) is 5.11 Å². The van der Waals surface area contributed by atoms with Gasteiger partial charge in [-0.3, -0.25) is 0 Å². The van der Waals surface area contributed by atoms with E-state index in [0.29, 0.717) is 5.75 Å². The standard InChI is InChI=1S/C18H22N4O2/c23-16-6-2-3-13-14(16)4-1-5-15(13)21-17-11-18(20-12-19-17)22-7-9-24-10-8-22/h2-3,6,11-12,15,23H,1,4-5,7-10H2,(H,19,20,21). The van der Waals surface area contributed by atoms with E-state index in [0.717, 1.165) is 62.8 Å². The van der Waals surface area contributed by atoms with Crippen LogP contribution in [-0.2, 0) is 11.2 Å². The van der Waals surface area contributed by atoms with Gasteiger partial charge in [-0.1, -0.05) is 12.1 Å². The fourth-order valence-corrected chi connectivity index (χ4v) is 3.55. The number of morpholine rings is 1. The number of phenolic OH excluding ortho intramolecular Hbond substituents is 1. The van der Waals surface area contributed by atoms with Crippen molar-refractivity contribution in [3.8, 4) is 5.75 Å². The lowest BCUT2D eigenvalue weighted by Crippen LogP contribution is -2.36. The summed E-state index contributed by atoms with van der Waals surface area (Å²) in [6, 6.07) is 7.95. The lowest BCUT2D eigenvalue weighted by Gasteiger charge is -2.29. The van der Waals surface area contributed by atoms with Gasteiger partial charge in [-0.15, -0.1) is 0 Å². The van der Waals surface area contributed by atoms with Crippen molar-refractivity contribution in [2.24, 2.45) is 0 Å². The van der Waals surface area contributed by atoms with Crippen molar-refractivity contribution in [2.45, 2.75) is 25.3 Å². The van der Waals surface area contributed by atoms with Crippen molar-refractivity contribution in [3.63, 3.8) is 0 Å². The lowest BCUT2D eigenvalue weighted by molar-refractivity contribution is 0.122. The molecule has 4 rings (SSSR count). The van der Waals surface area contributed by atoms with Gasteiger partial charge < -0.3 is 20.1 Å². The van der Waals surface area contributed by atoms with Crippen LogP contribution in [0.5, 0.6) is 5.75 Å². The average molecular weight is 326 g/mol. The quantitative estimate of drug-likeness (QED) is 0.903. The Labute approximate surface area is 141 Å². The number of nitrogens with zero attached hydrogens (tertiary/aromatic N) is 3. The first-order valence-corrected chi connectivity index (χ1v) is 8.53. The highest BCUT2D eigenvalue weighted by molar-refractivity contribution is 5.51. The molecule has 1 aliphatic carbocycles. The highest BCUT2D eigenvalue weighted by Crippen LogP contribution is 2.36. The summed E-state index contributed by atoms with van der Waals surface area (Å²) in [5.41, 5.74) is 2.23. The van der Waals surface area contributed by atoms with E-state index in [4.69, 9.17) is 4.74 Å². The van der Waals surface area contributed by atoms with Gasteiger partial charge in [-0.2, -0.15) is 0 Å². The monoisotopic (exact) mass is 326 g/mol. The molecular formula is C18H22N4O2. The van der Waals surface area contributed by atoms with E-state index in [-0.39, 0.29) is 6.04 Å². The summed E-state index contributed by atoms with van der Waals surface area (Å²) in [6.45, 7) is 3.19. The number of anilines is 2. The SMILES string of the molecule is Oc1cccc2c1CCCC2Nc1cc(N2CCOCC2)ncn1. The highest BCUT2D eigenvalue weighted by Gasteiger charge is 2.23. The summed E-state index contributed by atoms with van der Waals surface area (Å²) in [7, 11) is 0. The molecule has 2 N–H and O–H groups in total. The Hall–Kier alpha value is -2.34. The molecule has 0 saturated carbocycles. The molecule has 1 saturated heterocycles. The summed E-state index contributed by atoms with van der Waals surface area (Å²) in [6.07, 6.45) is 4.64. The molecule has 1 aliphatic heterocycles. The Morgan fingerprint density at radius 2 is 2.08 bits per heavy atom. The van der Waals surface area contributed by atoms with Gasteiger partial charge in [0, 0.05) is 19.2 Å². The van der Waals surface area contributed by atoms with Gasteiger partial charge in [0.25, 0.3) is 0 Å². The first kappa shape index (κ1) is 15.2. The second-order valence-electron chi connectivity index (χ2n) is 6.29. The third-order valence-electron chi connectivity index (χ3n) is 4.79. The van der Waals surface area contributed by atoms with Crippen LogP contribution in [0.25, 0.3) is 0 Å². The summed E-state index contributed by atoms with van der Waals surface area (Å²) < 4.78 is 5.40. The Balaban J connectivity index is 1.55. The van der Waals surface area contributed by atoms with E-state index in [1.165, 1.54) is 5.56 Å². The molecule has 1 fully saturated rings. The van der Waals surface area contributed by atoms with Gasteiger partial charge >= 0.3 is 0 Å². The van der Waals surface area contributed by atoms with E-state index in [1.54, 1.807) is 12.4 Å². The van der Waals surface area contributed by atoms with Crippen molar-refractivity contribution in [1.82, 2.24) is 9.97 Å². The van der Waals surface area contributed by atoms with Crippen molar-refractivity contribution < 1.29 is 9.84 Å². The number of fused-ring (bicyclic) bond motifs is 1. The van der Waals surface area contributed by atoms with Crippen LogP contribution in [0.3, 0.4) is 0 Å². The van der Waals surface area contributed by atoms with Crippen LogP contribution in [-0.4, -0.2) is 41.4 Å². The molecular weight excluding hydrogens is 304 g/mol. The van der Waals surface area contributed by atoms with Gasteiger partial charge in [-0.05, 0) is 36.5 Å². The Morgan fingerprint density at radius 3 is 2.96 bits per heavy atom. The van der Waals surface area contributed by atoms with Crippen molar-refractivity contribution >= 4 is 11.6 Å². The van der Waals surface area contributed by atoms with Gasteiger partial charge in [-0.25, -0.2) is 9.97 Å². The van der Waals surface area contributed by atoms with Crippen LogP contribution in [0, 0.1) is 0 Å².